The molecule has 0 aliphatic carbocycles. The molecule has 1 atom stereocenters. The number of amides is 1. The van der Waals surface area contributed by atoms with E-state index in [1.807, 2.05) is 43.5 Å². The fourth-order valence-corrected chi connectivity index (χ4v) is 2.20. The summed E-state index contributed by atoms with van der Waals surface area (Å²) in [4.78, 5) is 24.7. The molecule has 4 nitrogen and oxygen atoms in total. The van der Waals surface area contributed by atoms with Gasteiger partial charge in [-0.2, -0.15) is 11.8 Å². The van der Waals surface area contributed by atoms with Gasteiger partial charge in [0.2, 0.25) is 5.91 Å². The Labute approximate surface area is 124 Å². The molecule has 110 valence electrons. The zero-order valence-corrected chi connectivity index (χ0v) is 12.7. The molecule has 0 fully saturated rings. The standard InChI is InChI=1S/C15H21NO3S/c1-12(20-2)15(19)16(10-6-9-14(17)18)11-13-7-4-3-5-8-13/h3-5,7-8,12H,6,9-11H2,1-2H3,(H,17,18). The molecule has 1 N–H and O–H groups in total. The number of rotatable bonds is 8. The Hall–Kier alpha value is -1.49. The van der Waals surface area contributed by atoms with Gasteiger partial charge in [-0.25, -0.2) is 0 Å². The molecule has 0 heterocycles. The van der Waals surface area contributed by atoms with Crippen molar-refractivity contribution >= 4 is 23.6 Å². The number of benzene rings is 1. The third-order valence-electron chi connectivity index (χ3n) is 3.05. The molecule has 0 saturated heterocycles. The van der Waals surface area contributed by atoms with Crippen LogP contribution in [-0.2, 0) is 16.1 Å². The second-order valence-corrected chi connectivity index (χ2v) is 5.80. The fraction of sp³-hybridized carbons (Fsp3) is 0.467. The Morgan fingerprint density at radius 2 is 1.95 bits per heavy atom. The lowest BCUT2D eigenvalue weighted by molar-refractivity contribution is -0.138. The van der Waals surface area contributed by atoms with Crippen LogP contribution in [0.2, 0.25) is 0 Å². The molecule has 1 aromatic carbocycles. The van der Waals surface area contributed by atoms with Crippen LogP contribution in [0.3, 0.4) is 0 Å². The quantitative estimate of drug-likeness (QED) is 0.801. The molecule has 0 saturated carbocycles. The summed E-state index contributed by atoms with van der Waals surface area (Å²) < 4.78 is 0. The lowest BCUT2D eigenvalue weighted by Crippen LogP contribution is -2.37. The number of nitrogens with zero attached hydrogens (tertiary/aromatic N) is 1. The van der Waals surface area contributed by atoms with Gasteiger partial charge < -0.3 is 10.0 Å². The zero-order valence-electron chi connectivity index (χ0n) is 11.9. The van der Waals surface area contributed by atoms with Gasteiger partial charge in [0.05, 0.1) is 5.25 Å². The molecule has 0 bridgehead atoms. The van der Waals surface area contributed by atoms with Gasteiger partial charge in [-0.1, -0.05) is 30.3 Å². The summed E-state index contributed by atoms with van der Waals surface area (Å²) in [5.74, 6) is -0.762. The van der Waals surface area contributed by atoms with Gasteiger partial charge in [0.15, 0.2) is 0 Å². The minimum Gasteiger partial charge on any atom is -0.481 e. The van der Waals surface area contributed by atoms with Crippen LogP contribution in [0.5, 0.6) is 0 Å². The second kappa shape index (κ2) is 8.64. The average molecular weight is 295 g/mol. The molecule has 0 aliphatic heterocycles. The van der Waals surface area contributed by atoms with E-state index < -0.39 is 5.97 Å². The van der Waals surface area contributed by atoms with Crippen LogP contribution in [-0.4, -0.2) is 39.9 Å². The Kier molecular flexibility index (Phi) is 7.15. The number of hydrogen-bond donors (Lipinski definition) is 1. The van der Waals surface area contributed by atoms with E-state index in [0.29, 0.717) is 19.5 Å². The first-order chi connectivity index (χ1) is 9.54. The summed E-state index contributed by atoms with van der Waals surface area (Å²) in [6.45, 7) is 2.89. The fourth-order valence-electron chi connectivity index (χ4n) is 1.85. The minimum absolute atomic E-state index is 0.0618. The predicted octanol–water partition coefficient (Wildman–Crippen LogP) is 2.63. The summed E-state index contributed by atoms with van der Waals surface area (Å²) in [7, 11) is 0. The Morgan fingerprint density at radius 1 is 1.30 bits per heavy atom. The number of aliphatic carboxylic acids is 1. The Balaban J connectivity index is 2.68. The third kappa shape index (κ3) is 5.65. The van der Waals surface area contributed by atoms with Crippen molar-refractivity contribution in [3.05, 3.63) is 35.9 Å². The van der Waals surface area contributed by atoms with Crippen molar-refractivity contribution in [3.63, 3.8) is 0 Å². The Bertz CT molecular complexity index is 436. The van der Waals surface area contributed by atoms with Crippen LogP contribution in [0.25, 0.3) is 0 Å². The maximum Gasteiger partial charge on any atom is 0.303 e. The van der Waals surface area contributed by atoms with Gasteiger partial charge in [-0.3, -0.25) is 9.59 Å². The van der Waals surface area contributed by atoms with Crippen molar-refractivity contribution in [2.75, 3.05) is 12.8 Å². The number of carboxylic acid groups (broad SMARTS) is 1. The number of thioether (sulfide) groups is 1. The molecular weight excluding hydrogens is 274 g/mol. The monoisotopic (exact) mass is 295 g/mol. The molecule has 0 radical (unpaired) electrons. The summed E-state index contributed by atoms with van der Waals surface area (Å²) in [5, 5.41) is 8.59. The van der Waals surface area contributed by atoms with Gasteiger partial charge in [-0.15, -0.1) is 0 Å². The molecule has 0 aromatic heterocycles. The zero-order chi connectivity index (χ0) is 15.0. The van der Waals surface area contributed by atoms with Gasteiger partial charge >= 0.3 is 5.97 Å². The highest BCUT2D eigenvalue weighted by molar-refractivity contribution is 7.99. The van der Waals surface area contributed by atoms with E-state index in [0.717, 1.165) is 5.56 Å². The molecule has 20 heavy (non-hydrogen) atoms. The van der Waals surface area contributed by atoms with Crippen molar-refractivity contribution in [2.45, 2.75) is 31.6 Å². The number of carboxylic acids is 1. The van der Waals surface area contributed by atoms with Crippen LogP contribution in [0.4, 0.5) is 0 Å². The highest BCUT2D eigenvalue weighted by atomic mass is 32.2. The van der Waals surface area contributed by atoms with E-state index in [9.17, 15) is 9.59 Å². The van der Waals surface area contributed by atoms with Crippen LogP contribution in [0.1, 0.15) is 25.3 Å². The number of carbonyl (C=O) groups is 2. The van der Waals surface area contributed by atoms with Crippen LogP contribution >= 0.6 is 11.8 Å². The summed E-state index contributed by atoms with van der Waals surface area (Å²) in [6.07, 6.45) is 2.47. The first-order valence-corrected chi connectivity index (χ1v) is 7.90. The maximum atomic E-state index is 12.3. The van der Waals surface area contributed by atoms with Crippen LogP contribution in [0.15, 0.2) is 30.3 Å². The SMILES string of the molecule is CSC(C)C(=O)N(CCCC(=O)O)Cc1ccccc1. The van der Waals surface area contributed by atoms with E-state index in [1.165, 1.54) is 11.8 Å². The largest absolute Gasteiger partial charge is 0.481 e. The second-order valence-electron chi connectivity index (χ2n) is 4.62. The van der Waals surface area contributed by atoms with Gasteiger partial charge in [-0.05, 0) is 25.2 Å². The Morgan fingerprint density at radius 3 is 2.50 bits per heavy atom. The number of hydrogen-bond acceptors (Lipinski definition) is 3. The van der Waals surface area contributed by atoms with Crippen LogP contribution < -0.4 is 0 Å². The number of carbonyl (C=O) groups excluding carboxylic acids is 1. The van der Waals surface area contributed by atoms with Gasteiger partial charge in [0.25, 0.3) is 0 Å². The maximum absolute atomic E-state index is 12.3. The van der Waals surface area contributed by atoms with E-state index >= 15 is 0 Å². The van der Waals surface area contributed by atoms with E-state index in [1.54, 1.807) is 4.90 Å². The lowest BCUT2D eigenvalue weighted by Gasteiger charge is -2.25. The van der Waals surface area contributed by atoms with Crippen molar-refractivity contribution < 1.29 is 14.7 Å². The van der Waals surface area contributed by atoms with Gasteiger partial charge in [0, 0.05) is 19.5 Å². The summed E-state index contributed by atoms with van der Waals surface area (Å²) >= 11 is 1.50. The molecule has 0 spiro atoms. The molecule has 1 aromatic rings. The van der Waals surface area contributed by atoms with Crippen molar-refractivity contribution in [2.24, 2.45) is 0 Å². The lowest BCUT2D eigenvalue weighted by atomic mass is 10.2. The molecular formula is C15H21NO3S. The van der Waals surface area contributed by atoms with Crippen molar-refractivity contribution in [3.8, 4) is 0 Å². The molecule has 1 unspecified atom stereocenters. The van der Waals surface area contributed by atoms with Crippen molar-refractivity contribution in [1.82, 2.24) is 4.90 Å². The predicted molar refractivity (Wildman–Crippen MR) is 81.7 cm³/mol. The van der Waals surface area contributed by atoms with Crippen LogP contribution in [0, 0.1) is 0 Å². The smallest absolute Gasteiger partial charge is 0.303 e. The average Bonchev–Trinajstić information content (AvgIpc) is 2.45. The molecule has 1 rings (SSSR count). The molecule has 5 heteroatoms. The normalized spacial score (nSPS) is 11.9. The first-order valence-electron chi connectivity index (χ1n) is 6.62. The van der Waals surface area contributed by atoms with E-state index in [2.05, 4.69) is 0 Å². The highest BCUT2D eigenvalue weighted by Gasteiger charge is 2.19. The van der Waals surface area contributed by atoms with Crippen molar-refractivity contribution in [1.29, 1.82) is 0 Å². The summed E-state index contributed by atoms with van der Waals surface area (Å²) in [6, 6.07) is 9.76. The highest BCUT2D eigenvalue weighted by Crippen LogP contribution is 2.13. The third-order valence-corrected chi connectivity index (χ3v) is 3.96. The topological polar surface area (TPSA) is 57.6 Å². The summed E-state index contributed by atoms with van der Waals surface area (Å²) in [5.41, 5.74) is 1.06. The van der Waals surface area contributed by atoms with E-state index in [-0.39, 0.29) is 17.6 Å². The first kappa shape index (κ1) is 16.6. The minimum atomic E-state index is -0.824. The van der Waals surface area contributed by atoms with Gasteiger partial charge in [0.1, 0.15) is 0 Å². The van der Waals surface area contributed by atoms with E-state index in [4.69, 9.17) is 5.11 Å². The molecule has 1 amide bonds. The molecule has 0 aliphatic rings.